The van der Waals surface area contributed by atoms with E-state index in [0.29, 0.717) is 107 Å². The van der Waals surface area contributed by atoms with Gasteiger partial charge in [0.05, 0.1) is 53.1 Å². The molecule has 3 aromatic carbocycles. The normalized spacial score (nSPS) is 14.4. The minimum absolute atomic E-state index is 0.100. The van der Waals surface area contributed by atoms with Crippen LogP contribution in [0.5, 0.6) is 5.75 Å². The second-order valence-electron chi connectivity index (χ2n) is 36.5. The van der Waals surface area contributed by atoms with Crippen LogP contribution < -0.4 is 46.4 Å². The van der Waals surface area contributed by atoms with Gasteiger partial charge in [-0.1, -0.05) is 94.8 Å². The van der Waals surface area contributed by atoms with Crippen molar-refractivity contribution >= 4 is 148 Å². The molecule has 146 heavy (non-hydrogen) atoms. The molecule has 1 fully saturated rings. The molecule has 0 saturated heterocycles. The summed E-state index contributed by atoms with van der Waals surface area (Å²) in [5, 5.41) is 17.1. The fourth-order valence-electron chi connectivity index (χ4n) is 15.9. The molecule has 0 bridgehead atoms. The SMILES string of the molecule is CCOC(=O)Cc1ccc2c(n1)N(C(=O)OC(C)(C)C)CCC2.Cc1ccc2c(n1)N(C(=O)OC(C)(C)C)CCC2.Cc1ccc2c(n1)NCCC2.Cc1ccc2cccnc2n1.Cc1cccnc1N.Cc1cccnc1N1C(=O)c2ccccc2C1=O.Nc1ncccc1C=O.O=C(O)CC1CC1c1ccc(OCCc2ccc3c(n2)NCCC3)cc1.O=C1c2ccccc2C(=O)N1c1ncccc1CBr.[B]=NS. The zero-order valence-corrected chi connectivity index (χ0v) is 86.5. The number of carboxylic acids is 1. The minimum atomic E-state index is -0.705. The number of aliphatic carboxylic acids is 1. The molecule has 7 N–H and O–H groups in total. The zero-order chi connectivity index (χ0) is 105. The molecule has 2 atom stereocenters. The summed E-state index contributed by atoms with van der Waals surface area (Å²) in [4.78, 5) is 154. The van der Waals surface area contributed by atoms with Crippen LogP contribution in [-0.4, -0.2) is 167 Å². The number of nitrogen functional groups attached to an aromatic ring is 2. The van der Waals surface area contributed by atoms with Gasteiger partial charge in [0.2, 0.25) is 0 Å². The van der Waals surface area contributed by atoms with Gasteiger partial charge in [-0.15, -0.1) is 0 Å². The predicted octanol–water partition coefficient (Wildman–Crippen LogP) is 19.9. The number of nitrogens with zero attached hydrogens (tertiary/aromatic N) is 15. The van der Waals surface area contributed by atoms with Crippen LogP contribution in [0.3, 0.4) is 0 Å². The zero-order valence-electron chi connectivity index (χ0n) is 84.0. The van der Waals surface area contributed by atoms with Crippen LogP contribution >= 0.6 is 28.7 Å². The summed E-state index contributed by atoms with van der Waals surface area (Å²) in [5.41, 5.74) is 26.0. The topological polar surface area (TPSA) is 441 Å². The van der Waals surface area contributed by atoms with E-state index < -0.39 is 23.3 Å². The van der Waals surface area contributed by atoms with Gasteiger partial charge in [0.25, 0.3) is 23.6 Å². The van der Waals surface area contributed by atoms with E-state index in [1.807, 2.05) is 161 Å². The van der Waals surface area contributed by atoms with Crippen LogP contribution in [0.1, 0.15) is 218 Å². The summed E-state index contributed by atoms with van der Waals surface area (Å²) < 4.78 is 24.4. The monoisotopic (exact) mass is 2050 g/mol. The van der Waals surface area contributed by atoms with Crippen LogP contribution in [0.25, 0.3) is 11.0 Å². The molecule has 20 rings (SSSR count). The first-order valence-corrected chi connectivity index (χ1v) is 49.5. The van der Waals surface area contributed by atoms with E-state index in [1.165, 1.54) is 36.0 Å². The number of pyridine rings is 10. The summed E-state index contributed by atoms with van der Waals surface area (Å²) in [7, 11) is 4.34. The number of alkyl halides is 1. The van der Waals surface area contributed by atoms with Gasteiger partial charge in [0.15, 0.2) is 11.9 Å². The number of aryl methyl sites for hydroxylation is 9. The van der Waals surface area contributed by atoms with Gasteiger partial charge in [-0.2, -0.15) is 0 Å². The number of carboxylic acid groups (broad SMARTS) is 1. The Labute approximate surface area is 865 Å². The number of amides is 6. The first-order valence-electron chi connectivity index (χ1n) is 48.0. The summed E-state index contributed by atoms with van der Waals surface area (Å²) >= 11 is 6.53. The number of carbonyl (C=O) groups is 9. The summed E-state index contributed by atoms with van der Waals surface area (Å²) in [6.45, 7) is 26.8. The molecule has 33 nitrogen and oxygen atoms in total. The third-order valence-corrected chi connectivity index (χ3v) is 23.7. The predicted molar refractivity (Wildman–Crippen MR) is 573 cm³/mol. The number of carbonyl (C=O) groups excluding carboxylic acids is 8. The third-order valence-electron chi connectivity index (χ3n) is 23.1. The summed E-state index contributed by atoms with van der Waals surface area (Å²) in [6, 6.07) is 60.2. The van der Waals surface area contributed by atoms with Crippen molar-refractivity contribution in [3.8, 4) is 5.75 Å². The van der Waals surface area contributed by atoms with Gasteiger partial charge < -0.3 is 46.2 Å². The maximum atomic E-state index is 12.4. The van der Waals surface area contributed by atoms with Crippen LogP contribution in [0.4, 0.5) is 56.1 Å². The number of benzene rings is 3. The number of hydrogen-bond acceptors (Lipinski definition) is 29. The first kappa shape index (κ1) is 111. The van der Waals surface area contributed by atoms with E-state index in [9.17, 15) is 43.2 Å². The Morgan fingerprint density at radius 1 is 0.521 bits per heavy atom. The van der Waals surface area contributed by atoms with Crippen molar-refractivity contribution in [2.75, 3.05) is 81.1 Å². The van der Waals surface area contributed by atoms with Gasteiger partial charge in [-0.25, -0.2) is 69.2 Å². The molecule has 13 aromatic rings. The number of halogens is 1. The van der Waals surface area contributed by atoms with Crippen molar-refractivity contribution in [3.63, 3.8) is 0 Å². The van der Waals surface area contributed by atoms with E-state index in [2.05, 4.69) is 138 Å². The van der Waals surface area contributed by atoms with E-state index in [-0.39, 0.29) is 54.4 Å². The van der Waals surface area contributed by atoms with Gasteiger partial charge in [-0.3, -0.25) is 43.4 Å². The Morgan fingerprint density at radius 3 is 1.51 bits per heavy atom. The van der Waals surface area contributed by atoms with Crippen molar-refractivity contribution in [3.05, 3.63) is 326 Å². The van der Waals surface area contributed by atoms with Crippen LogP contribution in [0.2, 0.25) is 0 Å². The maximum absolute atomic E-state index is 12.4. The average Bonchev–Trinajstić information content (AvgIpc) is 1.61. The number of thiol groups is 1. The van der Waals surface area contributed by atoms with Crippen LogP contribution in [-0.2, 0) is 67.7 Å². The molecule has 10 aromatic heterocycles. The molecular formula is C110H122BBrN19O14S. The number of hydrogen-bond donors (Lipinski definition) is 6. The average molecular weight is 2060 g/mol. The number of nitrogens with one attached hydrogen (secondary N) is 2. The summed E-state index contributed by atoms with van der Waals surface area (Å²) in [5.74, 6) is 4.43. The van der Waals surface area contributed by atoms with E-state index in [4.69, 9.17) is 35.5 Å². The van der Waals surface area contributed by atoms with Crippen LogP contribution in [0.15, 0.2) is 229 Å². The fourth-order valence-corrected chi connectivity index (χ4v) is 16.3. The summed E-state index contributed by atoms with van der Waals surface area (Å²) in [6.07, 6.45) is 18.6. The molecule has 1 saturated carbocycles. The molecule has 2 unspecified atom stereocenters. The van der Waals surface area contributed by atoms with Crippen molar-refractivity contribution in [2.24, 2.45) is 10.2 Å². The first-order chi connectivity index (χ1) is 70.1. The van der Waals surface area contributed by atoms with Gasteiger partial charge >= 0.3 is 48.9 Å². The second-order valence-corrected chi connectivity index (χ2v) is 37.3. The number of aldehydes is 1. The van der Waals surface area contributed by atoms with E-state index in [0.717, 1.165) is 153 Å². The standard InChI is InChI=1S/C21H24N2O3.C17H24N2O4.C14H9BrN2O2.C14H10N2O2.C14H20N2O2.C9H12N2.C9H8N2.C6H6N2O.C6H8N2.BHNS/c24-20(25)13-16-12-19(16)14-4-7-18(8-5-14)26-11-9-17-6-3-15-2-1-10-22-21(15)23-17;1-5-22-14(20)11-13-9-8-12-7-6-10-19(15(12)18-13)16(21)23-17(2,3)4;15-8-9-4-3-7-16-12(9)17-13(18)10-5-1-2-6-11(10)14(17)19;1-9-5-4-8-15-12(9)16-13(17)10-6-2-3-7-11(10)14(16)18;1-10-7-8-11-6-5-9-16(12(11)15-10)13(17)18-14(2,3)4;2*1-7-4-5-8-3-2-6-10-9(8)11-7;7-6-5(4-9)2-1-3-8-6;1-5-3-2-4-8-6(5)7;1-2-3/h3-8,16,19H,1-2,9-13H2,(H,22,23)(H,24,25);8-9H,5-7,10-11H2,1-4H3;1-7H,8H2;2-8H,1H3;7-8H,5-6,9H2,1-4H3;4-5H,2-3,6H2,1H3,(H,10,11);2-6H,1H3;1-4H,(H2,7,8);2-4H,1H3,(H2,7,8);3H. The third kappa shape index (κ3) is 32.0. The van der Waals surface area contributed by atoms with Crippen molar-refractivity contribution in [1.82, 2.24) is 49.8 Å². The van der Waals surface area contributed by atoms with Crippen molar-refractivity contribution in [2.45, 2.75) is 183 Å². The van der Waals surface area contributed by atoms with Gasteiger partial charge in [0.1, 0.15) is 63.5 Å². The number of esters is 1. The Kier molecular flexibility index (Phi) is 40.8. The number of aromatic nitrogens is 10. The molecule has 1 aliphatic carbocycles. The van der Waals surface area contributed by atoms with Gasteiger partial charge in [-0.05, 0) is 307 Å². The van der Waals surface area contributed by atoms with Crippen LogP contribution in [0, 0.1) is 40.5 Å². The molecule has 0 spiro atoms. The second kappa shape index (κ2) is 53.8. The molecule has 1 radical (unpaired) electrons. The Balaban J connectivity index is 0.000000159. The molecule has 7 aliphatic rings. The fraction of sp³-hybridized carbons (Fsp3) is 0.318. The quantitative estimate of drug-likeness (QED) is 0.0112. The molecule has 16 heterocycles. The molecular weight excluding hydrogens is 1930 g/mol. The number of ether oxygens (including phenoxy) is 4. The number of anilines is 8. The van der Waals surface area contributed by atoms with Crippen molar-refractivity contribution < 1.29 is 67.2 Å². The Bertz CT molecular complexity index is 6680. The molecule has 36 heteroatoms. The van der Waals surface area contributed by atoms with E-state index in [1.54, 1.807) is 121 Å². The van der Waals surface area contributed by atoms with Gasteiger partial charge in [0, 0.05) is 109 Å². The number of rotatable bonds is 14. The Hall–Kier alpha value is -15.5. The van der Waals surface area contributed by atoms with Crippen molar-refractivity contribution in [1.29, 1.82) is 0 Å². The Morgan fingerprint density at radius 2 is 0.986 bits per heavy atom. The molecule has 6 amide bonds. The number of nitrogens with two attached hydrogens (primary N) is 2. The molecule has 6 aliphatic heterocycles. The van der Waals surface area contributed by atoms with E-state index >= 15 is 0 Å². The number of fused-ring (bicyclic) bond motifs is 7. The molecule has 757 valence electrons. The number of imide groups is 2.